The van der Waals surface area contributed by atoms with Crippen molar-refractivity contribution in [1.29, 1.82) is 0 Å². The fourth-order valence-electron chi connectivity index (χ4n) is 2.35. The molecule has 1 aliphatic heterocycles. The molecule has 1 aliphatic rings. The lowest BCUT2D eigenvalue weighted by molar-refractivity contribution is -0.143. The van der Waals surface area contributed by atoms with E-state index in [9.17, 15) is 26.3 Å². The van der Waals surface area contributed by atoms with Gasteiger partial charge >= 0.3 is 12.4 Å². The average molecular weight is 334 g/mol. The Morgan fingerprint density at radius 2 is 1.43 bits per heavy atom. The quantitative estimate of drug-likeness (QED) is 0.740. The highest BCUT2D eigenvalue weighted by atomic mass is 35.5. The van der Waals surface area contributed by atoms with E-state index in [1.165, 1.54) is 0 Å². The molecule has 1 aromatic carbocycles. The van der Waals surface area contributed by atoms with Gasteiger partial charge in [-0.15, -0.1) is 12.4 Å². The second kappa shape index (κ2) is 6.44. The Labute approximate surface area is 124 Å². The summed E-state index contributed by atoms with van der Waals surface area (Å²) in [7, 11) is 0. The van der Waals surface area contributed by atoms with Gasteiger partial charge in [-0.2, -0.15) is 26.3 Å². The Hall–Kier alpha value is -0.950. The average Bonchev–Trinajstić information content (AvgIpc) is 2.37. The fraction of sp³-hybridized carbons (Fsp3) is 0.538. The van der Waals surface area contributed by atoms with Crippen LogP contribution in [0.3, 0.4) is 0 Å². The van der Waals surface area contributed by atoms with Crippen molar-refractivity contribution in [1.82, 2.24) is 5.32 Å². The SMILES string of the molecule is Cl.FC(F)(F)c1cc(C2CCCNC2)cc(C(F)(F)F)c1. The Balaban J connectivity index is 0.00000220. The zero-order chi connectivity index (χ0) is 15.0. The molecule has 0 spiro atoms. The van der Waals surface area contributed by atoms with Crippen LogP contribution >= 0.6 is 12.4 Å². The molecule has 1 unspecified atom stereocenters. The van der Waals surface area contributed by atoms with Gasteiger partial charge in [0.2, 0.25) is 0 Å². The van der Waals surface area contributed by atoms with Crippen LogP contribution < -0.4 is 5.32 Å². The van der Waals surface area contributed by atoms with Crippen LogP contribution in [0.15, 0.2) is 18.2 Å². The molecule has 120 valence electrons. The summed E-state index contributed by atoms with van der Waals surface area (Å²) in [6.07, 6.45) is -8.23. The third kappa shape index (κ3) is 4.51. The molecule has 8 heteroatoms. The van der Waals surface area contributed by atoms with Crippen molar-refractivity contribution in [3.63, 3.8) is 0 Å². The first kappa shape index (κ1) is 18.1. The van der Waals surface area contributed by atoms with Gasteiger partial charge < -0.3 is 5.32 Å². The first-order valence-electron chi connectivity index (χ1n) is 6.18. The number of halogens is 7. The molecule has 0 bridgehead atoms. The number of hydrogen-bond acceptors (Lipinski definition) is 1. The molecule has 21 heavy (non-hydrogen) atoms. The van der Waals surface area contributed by atoms with E-state index in [-0.39, 0.29) is 30.0 Å². The van der Waals surface area contributed by atoms with Crippen LogP contribution in [0.1, 0.15) is 35.4 Å². The molecular formula is C13H14ClF6N. The minimum atomic E-state index is -4.78. The summed E-state index contributed by atoms with van der Waals surface area (Å²) in [6, 6.07) is 1.82. The summed E-state index contributed by atoms with van der Waals surface area (Å²) < 4.78 is 76.3. The van der Waals surface area contributed by atoms with Crippen LogP contribution in [0.2, 0.25) is 0 Å². The van der Waals surface area contributed by atoms with E-state index in [0.717, 1.165) is 25.1 Å². The highest BCUT2D eigenvalue weighted by Gasteiger charge is 2.37. The smallest absolute Gasteiger partial charge is 0.316 e. The van der Waals surface area contributed by atoms with Gasteiger partial charge in [-0.05, 0) is 49.1 Å². The van der Waals surface area contributed by atoms with Gasteiger partial charge in [-0.25, -0.2) is 0 Å². The zero-order valence-corrected chi connectivity index (χ0v) is 11.6. The van der Waals surface area contributed by atoms with Crippen LogP contribution in [0, 0.1) is 0 Å². The van der Waals surface area contributed by atoms with Gasteiger partial charge in [0.15, 0.2) is 0 Å². The Morgan fingerprint density at radius 3 is 1.81 bits per heavy atom. The van der Waals surface area contributed by atoms with E-state index in [2.05, 4.69) is 5.32 Å². The maximum absolute atomic E-state index is 12.7. The molecular weight excluding hydrogens is 320 g/mol. The summed E-state index contributed by atoms with van der Waals surface area (Å²) in [5.41, 5.74) is -2.39. The first-order chi connectivity index (χ1) is 9.18. The van der Waals surface area contributed by atoms with Gasteiger partial charge in [0.05, 0.1) is 11.1 Å². The monoisotopic (exact) mass is 333 g/mol. The van der Waals surface area contributed by atoms with Crippen molar-refractivity contribution in [2.24, 2.45) is 0 Å². The maximum Gasteiger partial charge on any atom is 0.416 e. The fourth-order valence-corrected chi connectivity index (χ4v) is 2.35. The summed E-state index contributed by atoms with van der Waals surface area (Å²) in [5.74, 6) is -0.313. The van der Waals surface area contributed by atoms with Gasteiger partial charge in [0.25, 0.3) is 0 Å². The van der Waals surface area contributed by atoms with Gasteiger partial charge in [-0.3, -0.25) is 0 Å². The van der Waals surface area contributed by atoms with E-state index < -0.39 is 23.5 Å². The molecule has 1 heterocycles. The lowest BCUT2D eigenvalue weighted by atomic mass is 9.89. The Morgan fingerprint density at radius 1 is 0.905 bits per heavy atom. The second-order valence-electron chi connectivity index (χ2n) is 4.88. The van der Waals surface area contributed by atoms with E-state index >= 15 is 0 Å². The van der Waals surface area contributed by atoms with Crippen LogP contribution in [0.25, 0.3) is 0 Å². The molecule has 1 nitrogen and oxygen atoms in total. The molecule has 1 aromatic rings. The minimum absolute atomic E-state index is 0. The van der Waals surface area contributed by atoms with Gasteiger partial charge in [0.1, 0.15) is 0 Å². The van der Waals surface area contributed by atoms with Gasteiger partial charge in [0, 0.05) is 6.54 Å². The molecule has 1 N–H and O–H groups in total. The third-order valence-corrected chi connectivity index (χ3v) is 3.38. The van der Waals surface area contributed by atoms with Crippen molar-refractivity contribution in [3.05, 3.63) is 34.9 Å². The summed E-state index contributed by atoms with van der Waals surface area (Å²) >= 11 is 0. The molecule has 0 aliphatic carbocycles. The molecule has 1 saturated heterocycles. The van der Waals surface area contributed by atoms with E-state index in [4.69, 9.17) is 0 Å². The predicted octanol–water partition coefficient (Wildman–Crippen LogP) is 4.61. The largest absolute Gasteiger partial charge is 0.416 e. The summed E-state index contributed by atoms with van der Waals surface area (Å²) in [5, 5.41) is 2.99. The molecule has 1 atom stereocenters. The lowest BCUT2D eigenvalue weighted by Crippen LogP contribution is -2.28. The number of hydrogen-bond donors (Lipinski definition) is 1. The predicted molar refractivity (Wildman–Crippen MR) is 68.5 cm³/mol. The van der Waals surface area contributed by atoms with Crippen LogP contribution in [-0.4, -0.2) is 13.1 Å². The van der Waals surface area contributed by atoms with Crippen molar-refractivity contribution in [2.75, 3.05) is 13.1 Å². The summed E-state index contributed by atoms with van der Waals surface area (Å²) in [6.45, 7) is 1.14. The molecule has 2 rings (SSSR count). The minimum Gasteiger partial charge on any atom is -0.316 e. The Bertz CT molecular complexity index is 444. The molecule has 1 fully saturated rings. The van der Waals surface area contributed by atoms with Gasteiger partial charge in [-0.1, -0.05) is 0 Å². The number of rotatable bonds is 1. The van der Waals surface area contributed by atoms with Crippen molar-refractivity contribution < 1.29 is 26.3 Å². The van der Waals surface area contributed by atoms with Crippen molar-refractivity contribution in [2.45, 2.75) is 31.1 Å². The number of benzene rings is 1. The van der Waals surface area contributed by atoms with E-state index in [0.29, 0.717) is 13.0 Å². The molecule has 0 aromatic heterocycles. The molecule has 0 amide bonds. The highest BCUT2D eigenvalue weighted by Crippen LogP contribution is 2.38. The highest BCUT2D eigenvalue weighted by molar-refractivity contribution is 5.85. The first-order valence-corrected chi connectivity index (χ1v) is 6.18. The van der Waals surface area contributed by atoms with E-state index in [1.54, 1.807) is 0 Å². The number of nitrogens with one attached hydrogen (secondary N) is 1. The zero-order valence-electron chi connectivity index (χ0n) is 10.8. The normalized spacial score (nSPS) is 20.0. The Kier molecular flexibility index (Phi) is 5.55. The van der Waals surface area contributed by atoms with Crippen molar-refractivity contribution >= 4 is 12.4 Å². The maximum atomic E-state index is 12.7. The van der Waals surface area contributed by atoms with Crippen molar-refractivity contribution in [3.8, 4) is 0 Å². The third-order valence-electron chi connectivity index (χ3n) is 3.38. The lowest BCUT2D eigenvalue weighted by Gasteiger charge is -2.25. The standard InChI is InChI=1S/C13H13F6N.ClH/c14-12(15,16)10-4-9(8-2-1-3-20-7-8)5-11(6-10)13(17,18)19;/h4-6,8,20H,1-3,7H2;1H. The summed E-state index contributed by atoms with van der Waals surface area (Å²) in [4.78, 5) is 0. The second-order valence-corrected chi connectivity index (χ2v) is 4.88. The van der Waals surface area contributed by atoms with E-state index in [1.807, 2.05) is 0 Å². The number of alkyl halides is 6. The molecule has 0 radical (unpaired) electrons. The van der Waals surface area contributed by atoms with Crippen LogP contribution in [0.5, 0.6) is 0 Å². The van der Waals surface area contributed by atoms with Crippen LogP contribution in [0.4, 0.5) is 26.3 Å². The molecule has 0 saturated carbocycles. The van der Waals surface area contributed by atoms with Crippen LogP contribution in [-0.2, 0) is 12.4 Å². The topological polar surface area (TPSA) is 12.0 Å². The number of piperidine rings is 1.